The molecule has 0 bridgehead atoms. The summed E-state index contributed by atoms with van der Waals surface area (Å²) in [7, 11) is 3.78. The topological polar surface area (TPSA) is 32.3 Å². The van der Waals surface area contributed by atoms with Gasteiger partial charge in [-0.2, -0.15) is 11.3 Å². The second-order valence-corrected chi connectivity index (χ2v) is 5.18. The Morgan fingerprint density at radius 1 is 1.33 bits per heavy atom. The summed E-state index contributed by atoms with van der Waals surface area (Å²) in [6.45, 7) is 0. The van der Waals surface area contributed by atoms with Crippen molar-refractivity contribution in [2.45, 2.75) is 0 Å². The molecule has 0 unspecified atom stereocenters. The highest BCUT2D eigenvalue weighted by Crippen LogP contribution is 2.32. The monoisotopic (exact) mass is 280 g/mol. The van der Waals surface area contributed by atoms with Crippen LogP contribution in [0, 0.1) is 0 Å². The molecule has 0 fully saturated rings. The third-order valence-corrected chi connectivity index (χ3v) is 3.45. The Balaban J connectivity index is 2.29. The van der Waals surface area contributed by atoms with Crippen LogP contribution in [0.25, 0.3) is 0 Å². The molecule has 1 amide bonds. The van der Waals surface area contributed by atoms with E-state index in [1.165, 1.54) is 11.3 Å². The quantitative estimate of drug-likeness (QED) is 0.929. The molecule has 0 spiro atoms. The lowest BCUT2D eigenvalue weighted by Gasteiger charge is -2.19. The van der Waals surface area contributed by atoms with Crippen molar-refractivity contribution >= 4 is 40.2 Å². The molecule has 0 radical (unpaired) electrons. The van der Waals surface area contributed by atoms with Crippen LogP contribution in [-0.2, 0) is 0 Å². The fourth-order valence-electron chi connectivity index (χ4n) is 1.66. The molecule has 5 heteroatoms. The molecule has 1 heterocycles. The molecule has 0 aliphatic heterocycles. The molecule has 2 rings (SSSR count). The highest BCUT2D eigenvalue weighted by Gasteiger charge is 2.12. The molecule has 0 saturated heterocycles. The number of para-hydroxylation sites is 1. The first-order valence-corrected chi connectivity index (χ1v) is 6.71. The zero-order valence-electron chi connectivity index (χ0n) is 10.1. The van der Waals surface area contributed by atoms with Gasteiger partial charge in [-0.3, -0.25) is 4.79 Å². The Kier molecular flexibility index (Phi) is 3.89. The van der Waals surface area contributed by atoms with Crippen LogP contribution < -0.4 is 10.2 Å². The first-order chi connectivity index (χ1) is 8.59. The number of nitrogens with one attached hydrogen (secondary N) is 1. The van der Waals surface area contributed by atoms with Crippen molar-refractivity contribution in [3.05, 3.63) is 45.6 Å². The Hall–Kier alpha value is -1.52. The van der Waals surface area contributed by atoms with E-state index in [-0.39, 0.29) is 5.91 Å². The summed E-state index contributed by atoms with van der Waals surface area (Å²) in [6.07, 6.45) is 0. The number of nitrogens with zero attached hydrogens (tertiary/aromatic N) is 1. The number of amides is 1. The molecule has 2 aromatic rings. The maximum atomic E-state index is 12.0. The average molecular weight is 281 g/mol. The zero-order chi connectivity index (χ0) is 13.1. The van der Waals surface area contributed by atoms with Crippen LogP contribution in [-0.4, -0.2) is 20.0 Å². The van der Waals surface area contributed by atoms with Crippen LogP contribution in [0.15, 0.2) is 35.0 Å². The summed E-state index contributed by atoms with van der Waals surface area (Å²) >= 11 is 7.64. The fourth-order valence-corrected chi connectivity index (χ4v) is 2.64. The Bertz CT molecular complexity index is 552. The lowest BCUT2D eigenvalue weighted by atomic mass is 10.2. The predicted molar refractivity (Wildman–Crippen MR) is 78.1 cm³/mol. The Labute approximate surface area is 115 Å². The molecule has 1 aromatic heterocycles. The number of hydrogen-bond donors (Lipinski definition) is 1. The predicted octanol–water partition coefficient (Wildman–Crippen LogP) is 3.72. The largest absolute Gasteiger partial charge is 0.375 e. The number of rotatable bonds is 3. The van der Waals surface area contributed by atoms with Crippen LogP contribution in [0.2, 0.25) is 5.02 Å². The van der Waals surface area contributed by atoms with Gasteiger partial charge < -0.3 is 10.2 Å². The zero-order valence-corrected chi connectivity index (χ0v) is 11.7. The Morgan fingerprint density at radius 3 is 2.72 bits per heavy atom. The lowest BCUT2D eigenvalue weighted by Crippen LogP contribution is -2.16. The van der Waals surface area contributed by atoms with Crippen LogP contribution in [0.1, 0.15) is 10.4 Å². The van der Waals surface area contributed by atoms with E-state index < -0.39 is 0 Å². The molecule has 1 aromatic carbocycles. The molecule has 0 aliphatic rings. The summed E-state index contributed by atoms with van der Waals surface area (Å²) in [5.74, 6) is -0.124. The second kappa shape index (κ2) is 5.42. The van der Waals surface area contributed by atoms with Crippen molar-refractivity contribution < 1.29 is 4.79 Å². The highest BCUT2D eigenvalue weighted by molar-refractivity contribution is 7.08. The van der Waals surface area contributed by atoms with Crippen molar-refractivity contribution in [1.82, 2.24) is 0 Å². The number of thiophene rings is 1. The van der Waals surface area contributed by atoms with Crippen molar-refractivity contribution in [2.75, 3.05) is 24.3 Å². The molecule has 0 aliphatic carbocycles. The van der Waals surface area contributed by atoms with Gasteiger partial charge in [0, 0.05) is 19.5 Å². The Morgan fingerprint density at radius 2 is 2.11 bits per heavy atom. The van der Waals surface area contributed by atoms with Gasteiger partial charge in [-0.1, -0.05) is 17.7 Å². The van der Waals surface area contributed by atoms with Crippen LogP contribution in [0.3, 0.4) is 0 Å². The fraction of sp³-hybridized carbons (Fsp3) is 0.154. The lowest BCUT2D eigenvalue weighted by molar-refractivity contribution is 0.102. The number of carbonyl (C=O) groups excluding carboxylic acids is 1. The van der Waals surface area contributed by atoms with E-state index >= 15 is 0 Å². The van der Waals surface area contributed by atoms with E-state index in [9.17, 15) is 4.79 Å². The minimum absolute atomic E-state index is 0.124. The summed E-state index contributed by atoms with van der Waals surface area (Å²) in [5, 5.41) is 7.18. The highest BCUT2D eigenvalue weighted by atomic mass is 35.5. The maximum absolute atomic E-state index is 12.0. The number of benzene rings is 1. The number of halogens is 1. The van der Waals surface area contributed by atoms with Crippen LogP contribution in [0.5, 0.6) is 0 Å². The van der Waals surface area contributed by atoms with Gasteiger partial charge in [0.2, 0.25) is 0 Å². The van der Waals surface area contributed by atoms with Gasteiger partial charge in [0.05, 0.1) is 22.0 Å². The van der Waals surface area contributed by atoms with E-state index in [2.05, 4.69) is 5.32 Å². The van der Waals surface area contributed by atoms with Gasteiger partial charge in [-0.25, -0.2) is 0 Å². The smallest absolute Gasteiger partial charge is 0.256 e. The maximum Gasteiger partial charge on any atom is 0.256 e. The molecule has 1 N–H and O–H groups in total. The molecule has 18 heavy (non-hydrogen) atoms. The molecular weight excluding hydrogens is 268 g/mol. The number of hydrogen-bond acceptors (Lipinski definition) is 3. The summed E-state index contributed by atoms with van der Waals surface area (Å²) in [4.78, 5) is 13.9. The van der Waals surface area contributed by atoms with Crippen molar-refractivity contribution in [3.8, 4) is 0 Å². The molecule has 3 nitrogen and oxygen atoms in total. The first kappa shape index (κ1) is 12.9. The van der Waals surface area contributed by atoms with Crippen molar-refractivity contribution in [1.29, 1.82) is 0 Å². The van der Waals surface area contributed by atoms with Gasteiger partial charge in [-0.05, 0) is 23.6 Å². The van der Waals surface area contributed by atoms with Gasteiger partial charge in [0.1, 0.15) is 0 Å². The normalized spacial score (nSPS) is 10.2. The van der Waals surface area contributed by atoms with E-state index in [1.54, 1.807) is 12.1 Å². The average Bonchev–Trinajstić information content (AvgIpc) is 2.81. The first-order valence-electron chi connectivity index (χ1n) is 5.39. The third kappa shape index (κ3) is 2.66. The minimum Gasteiger partial charge on any atom is -0.375 e. The SMILES string of the molecule is CN(C)c1c(Cl)cccc1NC(=O)c1ccsc1. The molecule has 0 atom stereocenters. The van der Waals surface area contributed by atoms with Gasteiger partial charge in [0.25, 0.3) is 5.91 Å². The van der Waals surface area contributed by atoms with Crippen molar-refractivity contribution in [3.63, 3.8) is 0 Å². The summed E-state index contributed by atoms with van der Waals surface area (Å²) in [6, 6.07) is 7.25. The molecule has 94 valence electrons. The summed E-state index contributed by atoms with van der Waals surface area (Å²) < 4.78 is 0. The third-order valence-electron chi connectivity index (χ3n) is 2.47. The van der Waals surface area contributed by atoms with Gasteiger partial charge in [0.15, 0.2) is 0 Å². The van der Waals surface area contributed by atoms with E-state index in [1.807, 2.05) is 41.9 Å². The second-order valence-electron chi connectivity index (χ2n) is 4.00. The van der Waals surface area contributed by atoms with Crippen molar-refractivity contribution in [2.24, 2.45) is 0 Å². The molecular formula is C13H13ClN2OS. The number of anilines is 2. The van der Waals surface area contributed by atoms with Gasteiger partial charge >= 0.3 is 0 Å². The van der Waals surface area contributed by atoms with E-state index in [0.717, 1.165) is 5.69 Å². The van der Waals surface area contributed by atoms with Crippen LogP contribution >= 0.6 is 22.9 Å². The standard InChI is InChI=1S/C13H13ClN2OS/c1-16(2)12-10(14)4-3-5-11(12)15-13(17)9-6-7-18-8-9/h3-8H,1-2H3,(H,15,17). The number of carbonyl (C=O) groups is 1. The van der Waals surface area contributed by atoms with Gasteiger partial charge in [-0.15, -0.1) is 0 Å². The molecule has 0 saturated carbocycles. The van der Waals surface area contributed by atoms with Crippen LogP contribution in [0.4, 0.5) is 11.4 Å². The minimum atomic E-state index is -0.124. The van der Waals surface area contributed by atoms with E-state index in [0.29, 0.717) is 16.3 Å². The summed E-state index contributed by atoms with van der Waals surface area (Å²) in [5.41, 5.74) is 2.18. The van der Waals surface area contributed by atoms with E-state index in [4.69, 9.17) is 11.6 Å².